The third-order valence-electron chi connectivity index (χ3n) is 0.788. The quantitative estimate of drug-likeness (QED) is 0.478. The molecule has 6 nitrogen and oxygen atoms in total. The Labute approximate surface area is 69.4 Å². The zero-order chi connectivity index (χ0) is 7.98. The molecule has 0 atom stereocenters. The number of hydrogen-bond donors (Lipinski definition) is 3. The number of carbonyl (C=O) groups excluding carboxylic acids is 1. The summed E-state index contributed by atoms with van der Waals surface area (Å²) in [6.07, 6.45) is -0.965. The molecule has 0 bridgehead atoms. The van der Waals surface area contributed by atoms with Crippen molar-refractivity contribution in [2.75, 3.05) is 20.3 Å². The Morgan fingerprint density at radius 1 is 1.27 bits per heavy atom. The van der Waals surface area contributed by atoms with Gasteiger partial charge in [-0.2, -0.15) is 0 Å². The smallest absolute Gasteiger partial charge is 0.415 e. The number of nitrogens with zero attached hydrogens (tertiary/aromatic N) is 1. The standard InChI is InChI=1S/C4H9NO5.ClH/c6-1-5(2-7)4(9)10-3-8;/h6-8H,1-3H2;1H. The fourth-order valence-electron chi connectivity index (χ4n) is 0.307. The van der Waals surface area contributed by atoms with Crippen LogP contribution in [0.4, 0.5) is 4.79 Å². The molecule has 0 aliphatic heterocycles. The Hall–Kier alpha value is -0.560. The second-order valence-corrected chi connectivity index (χ2v) is 1.36. The molecule has 0 radical (unpaired) electrons. The highest BCUT2D eigenvalue weighted by molar-refractivity contribution is 5.85. The highest BCUT2D eigenvalue weighted by Gasteiger charge is 2.10. The molecule has 0 aromatic rings. The van der Waals surface area contributed by atoms with Gasteiger partial charge in [-0.15, -0.1) is 12.4 Å². The largest absolute Gasteiger partial charge is 0.422 e. The van der Waals surface area contributed by atoms with E-state index >= 15 is 0 Å². The zero-order valence-corrected chi connectivity index (χ0v) is 6.45. The molecule has 0 aromatic carbocycles. The van der Waals surface area contributed by atoms with Gasteiger partial charge >= 0.3 is 6.09 Å². The van der Waals surface area contributed by atoms with E-state index in [0.717, 1.165) is 0 Å². The van der Waals surface area contributed by atoms with Gasteiger partial charge in [0.1, 0.15) is 13.5 Å². The van der Waals surface area contributed by atoms with Crippen molar-refractivity contribution in [2.45, 2.75) is 0 Å². The zero-order valence-electron chi connectivity index (χ0n) is 5.63. The number of ether oxygens (including phenoxy) is 1. The fraction of sp³-hybridized carbons (Fsp3) is 0.750. The fourth-order valence-corrected chi connectivity index (χ4v) is 0.307. The number of halogens is 1. The average Bonchev–Trinajstić information content (AvgIpc) is 1.91. The summed E-state index contributed by atoms with van der Waals surface area (Å²) in [6.45, 7) is -2.06. The van der Waals surface area contributed by atoms with Crippen LogP contribution in [0.5, 0.6) is 0 Å². The van der Waals surface area contributed by atoms with Gasteiger partial charge in [0.2, 0.25) is 0 Å². The number of aliphatic hydroxyl groups is 3. The number of carbonyl (C=O) groups is 1. The molecule has 0 spiro atoms. The van der Waals surface area contributed by atoms with E-state index in [-0.39, 0.29) is 12.4 Å². The van der Waals surface area contributed by atoms with Gasteiger partial charge in [-0.05, 0) is 0 Å². The van der Waals surface area contributed by atoms with E-state index in [1.165, 1.54) is 0 Å². The minimum atomic E-state index is -0.965. The van der Waals surface area contributed by atoms with Crippen molar-refractivity contribution in [1.82, 2.24) is 4.90 Å². The molecule has 0 aliphatic carbocycles. The van der Waals surface area contributed by atoms with Crippen molar-refractivity contribution in [3.63, 3.8) is 0 Å². The summed E-state index contributed by atoms with van der Waals surface area (Å²) in [5, 5.41) is 24.7. The summed E-state index contributed by atoms with van der Waals surface area (Å²) in [7, 11) is 0. The minimum Gasteiger partial charge on any atom is -0.422 e. The van der Waals surface area contributed by atoms with E-state index in [1.807, 2.05) is 0 Å². The molecule has 0 unspecified atom stereocenters. The molecule has 3 N–H and O–H groups in total. The molecule has 0 saturated carbocycles. The summed E-state index contributed by atoms with van der Waals surface area (Å²) < 4.78 is 4.01. The van der Waals surface area contributed by atoms with Gasteiger partial charge in [-0.3, -0.25) is 4.90 Å². The van der Waals surface area contributed by atoms with Crippen LogP contribution in [0.15, 0.2) is 0 Å². The first kappa shape index (κ1) is 13.1. The third kappa shape index (κ3) is 4.79. The van der Waals surface area contributed by atoms with Gasteiger partial charge in [0.05, 0.1) is 0 Å². The number of aliphatic hydroxyl groups excluding tert-OH is 3. The Bertz CT molecular complexity index is 107. The molecule has 11 heavy (non-hydrogen) atoms. The lowest BCUT2D eigenvalue weighted by Gasteiger charge is -2.14. The molecule has 0 aromatic heterocycles. The molecular weight excluding hydrogens is 177 g/mol. The second-order valence-electron chi connectivity index (χ2n) is 1.36. The van der Waals surface area contributed by atoms with Gasteiger partial charge in [-0.1, -0.05) is 0 Å². The van der Waals surface area contributed by atoms with Crippen LogP contribution in [0.3, 0.4) is 0 Å². The van der Waals surface area contributed by atoms with Crippen LogP contribution < -0.4 is 0 Å². The van der Waals surface area contributed by atoms with Gasteiger partial charge in [0, 0.05) is 0 Å². The maximum atomic E-state index is 10.4. The van der Waals surface area contributed by atoms with E-state index in [9.17, 15) is 4.79 Å². The van der Waals surface area contributed by atoms with Gasteiger partial charge in [0.25, 0.3) is 0 Å². The van der Waals surface area contributed by atoms with E-state index in [4.69, 9.17) is 15.3 Å². The Morgan fingerprint density at radius 2 is 1.73 bits per heavy atom. The maximum Gasteiger partial charge on any atom is 0.415 e. The highest BCUT2D eigenvalue weighted by Crippen LogP contribution is 1.88. The third-order valence-corrected chi connectivity index (χ3v) is 0.788. The van der Waals surface area contributed by atoms with Crippen molar-refractivity contribution in [2.24, 2.45) is 0 Å². The summed E-state index contributed by atoms with van der Waals surface area (Å²) in [4.78, 5) is 11.0. The van der Waals surface area contributed by atoms with E-state index in [2.05, 4.69) is 4.74 Å². The second kappa shape index (κ2) is 7.55. The molecule has 7 heteroatoms. The first-order chi connectivity index (χ1) is 4.76. The summed E-state index contributed by atoms with van der Waals surface area (Å²) in [6, 6.07) is 0. The van der Waals surface area contributed by atoms with Gasteiger partial charge < -0.3 is 20.1 Å². The summed E-state index contributed by atoms with van der Waals surface area (Å²) in [5.74, 6) is 0. The van der Waals surface area contributed by atoms with Crippen LogP contribution in [0.2, 0.25) is 0 Å². The maximum absolute atomic E-state index is 10.4. The lowest BCUT2D eigenvalue weighted by molar-refractivity contribution is -0.0166. The number of hydrogen-bond acceptors (Lipinski definition) is 5. The predicted octanol–water partition coefficient (Wildman–Crippen LogP) is -1.30. The number of rotatable bonds is 3. The van der Waals surface area contributed by atoms with Crippen molar-refractivity contribution in [3.05, 3.63) is 0 Å². The monoisotopic (exact) mass is 187 g/mol. The van der Waals surface area contributed by atoms with Crippen molar-refractivity contribution in [1.29, 1.82) is 0 Å². The first-order valence-corrected chi connectivity index (χ1v) is 2.50. The molecule has 0 saturated heterocycles. The van der Waals surface area contributed by atoms with Gasteiger partial charge in [-0.25, -0.2) is 4.79 Å². The van der Waals surface area contributed by atoms with Crippen molar-refractivity contribution >= 4 is 18.5 Å². The molecule has 0 rings (SSSR count). The van der Waals surface area contributed by atoms with Crippen molar-refractivity contribution < 1.29 is 24.9 Å². The van der Waals surface area contributed by atoms with Gasteiger partial charge in [0.15, 0.2) is 6.79 Å². The predicted molar refractivity (Wildman–Crippen MR) is 36.8 cm³/mol. The normalized spacial score (nSPS) is 8.27. The average molecular weight is 188 g/mol. The lowest BCUT2D eigenvalue weighted by Crippen LogP contribution is -2.33. The topological polar surface area (TPSA) is 90.2 Å². The van der Waals surface area contributed by atoms with E-state index < -0.39 is 26.3 Å². The number of amides is 1. The Balaban J connectivity index is 0. The van der Waals surface area contributed by atoms with Crippen LogP contribution in [-0.4, -0.2) is 46.6 Å². The molecule has 0 heterocycles. The first-order valence-electron chi connectivity index (χ1n) is 2.50. The van der Waals surface area contributed by atoms with Crippen LogP contribution >= 0.6 is 12.4 Å². The highest BCUT2D eigenvalue weighted by atomic mass is 35.5. The van der Waals surface area contributed by atoms with Crippen LogP contribution in [0.25, 0.3) is 0 Å². The van der Waals surface area contributed by atoms with Crippen molar-refractivity contribution in [3.8, 4) is 0 Å². The lowest BCUT2D eigenvalue weighted by atomic mass is 10.8. The molecule has 0 aliphatic rings. The summed E-state index contributed by atoms with van der Waals surface area (Å²) in [5.41, 5.74) is 0. The summed E-state index contributed by atoms with van der Waals surface area (Å²) >= 11 is 0. The van der Waals surface area contributed by atoms with E-state index in [1.54, 1.807) is 0 Å². The van der Waals surface area contributed by atoms with Crippen LogP contribution in [0.1, 0.15) is 0 Å². The molecular formula is C4H10ClNO5. The van der Waals surface area contributed by atoms with E-state index in [0.29, 0.717) is 4.90 Å². The molecule has 1 amide bonds. The molecule has 68 valence electrons. The minimum absolute atomic E-state index is 0. The van der Waals surface area contributed by atoms with Crippen LogP contribution in [-0.2, 0) is 4.74 Å². The molecule has 0 fully saturated rings. The Morgan fingerprint density at radius 3 is 2.00 bits per heavy atom. The van der Waals surface area contributed by atoms with Crippen LogP contribution in [0, 0.1) is 0 Å². The Kier molecular flexibility index (Phi) is 8.96. The SMILES string of the molecule is Cl.O=C(OCO)N(CO)CO.